The molecule has 1 aliphatic rings. The average molecular weight is 409 g/mol. The number of rotatable bonds is 3. The lowest BCUT2D eigenvalue weighted by atomic mass is 10.1. The predicted octanol–water partition coefficient (Wildman–Crippen LogP) is 4.81. The molecule has 2 aromatic carbocycles. The van der Waals surface area contributed by atoms with Crippen LogP contribution in [0.3, 0.4) is 0 Å². The number of benzene rings is 2. The van der Waals surface area contributed by atoms with Gasteiger partial charge >= 0.3 is 12.1 Å². The van der Waals surface area contributed by atoms with Crippen LogP contribution in [-0.4, -0.2) is 21.3 Å². The van der Waals surface area contributed by atoms with E-state index in [0.717, 1.165) is 28.8 Å². The Kier molecular flexibility index (Phi) is 5.07. The number of carbonyl (C=O) groups is 2. The maximum absolute atomic E-state index is 12.7. The molecule has 0 atom stereocenters. The number of hydrogen-bond donors (Lipinski definition) is 1. The molecule has 4 nitrogen and oxygen atoms in total. The van der Waals surface area contributed by atoms with Crippen LogP contribution < -0.4 is 4.90 Å². The molecule has 1 fully saturated rings. The summed E-state index contributed by atoms with van der Waals surface area (Å²) in [6.07, 6.45) is -2.97. The topological polar surface area (TPSA) is 57.6 Å². The Morgan fingerprint density at radius 1 is 1.15 bits per heavy atom. The van der Waals surface area contributed by atoms with E-state index in [1.165, 1.54) is 30.3 Å². The van der Waals surface area contributed by atoms with Crippen molar-refractivity contribution in [3.8, 4) is 0 Å². The third-order valence-electron chi connectivity index (χ3n) is 3.68. The van der Waals surface area contributed by atoms with Gasteiger partial charge in [-0.1, -0.05) is 36.1 Å². The molecule has 1 N–H and O–H groups in total. The summed E-state index contributed by atoms with van der Waals surface area (Å²) in [5.41, 5.74) is -0.0179. The molecule has 0 aliphatic carbocycles. The lowest BCUT2D eigenvalue weighted by molar-refractivity contribution is -0.137. The number of aromatic carboxylic acids is 1. The molecule has 2 aromatic rings. The average Bonchev–Trinajstić information content (AvgIpc) is 2.88. The summed E-state index contributed by atoms with van der Waals surface area (Å²) in [5.74, 6) is -1.58. The summed E-state index contributed by atoms with van der Waals surface area (Å²) in [7, 11) is 0. The number of alkyl halides is 3. The van der Waals surface area contributed by atoms with Crippen molar-refractivity contribution in [2.75, 3.05) is 4.90 Å². The maximum Gasteiger partial charge on any atom is 0.416 e. The molecule has 0 saturated carbocycles. The lowest BCUT2D eigenvalue weighted by Gasteiger charge is -2.15. The van der Waals surface area contributed by atoms with Gasteiger partial charge in [0.2, 0.25) is 0 Å². The minimum atomic E-state index is -4.47. The smallest absolute Gasteiger partial charge is 0.416 e. The quantitative estimate of drug-likeness (QED) is 0.583. The van der Waals surface area contributed by atoms with Crippen LogP contribution in [0.1, 0.15) is 21.5 Å². The van der Waals surface area contributed by atoms with Crippen molar-refractivity contribution < 1.29 is 27.9 Å². The minimum absolute atomic E-state index is 0.0713. The molecule has 27 heavy (non-hydrogen) atoms. The van der Waals surface area contributed by atoms with Crippen molar-refractivity contribution in [1.29, 1.82) is 0 Å². The first-order valence-electron chi connectivity index (χ1n) is 7.45. The summed E-state index contributed by atoms with van der Waals surface area (Å²) in [6.45, 7) is 0. The molecule has 1 aliphatic heterocycles. The standard InChI is InChI=1S/C18H10F3NO3S2/c19-18(20,21)12-4-6-13(7-5-12)22-15(23)14(27-17(22)26)9-10-2-1-3-11(8-10)16(24)25/h1-9H,(H,24,25). The Labute approximate surface area is 161 Å². The molecule has 1 heterocycles. The first-order valence-corrected chi connectivity index (χ1v) is 8.68. The summed E-state index contributed by atoms with van der Waals surface area (Å²) in [4.78, 5) is 25.1. The third kappa shape index (κ3) is 4.04. The highest BCUT2D eigenvalue weighted by molar-refractivity contribution is 8.27. The SMILES string of the molecule is O=C(O)c1cccc(C=C2SC(=S)N(c3ccc(C(F)(F)F)cc3)C2=O)c1. The molecule has 3 rings (SSSR count). The van der Waals surface area contributed by atoms with Crippen LogP contribution in [-0.2, 0) is 11.0 Å². The molecule has 0 spiro atoms. The van der Waals surface area contributed by atoms with E-state index >= 15 is 0 Å². The van der Waals surface area contributed by atoms with Crippen molar-refractivity contribution in [3.05, 3.63) is 70.1 Å². The van der Waals surface area contributed by atoms with Crippen LogP contribution in [0.2, 0.25) is 0 Å². The number of thiocarbonyl (C=S) groups is 1. The van der Waals surface area contributed by atoms with Crippen LogP contribution in [0, 0.1) is 0 Å². The van der Waals surface area contributed by atoms with E-state index in [2.05, 4.69) is 0 Å². The largest absolute Gasteiger partial charge is 0.478 e. The number of anilines is 1. The molecular formula is C18H10F3NO3S2. The Hall–Kier alpha value is -2.65. The summed E-state index contributed by atoms with van der Waals surface area (Å²) in [5, 5.41) is 9.03. The number of hydrogen-bond acceptors (Lipinski definition) is 4. The van der Waals surface area contributed by atoms with Gasteiger partial charge in [-0.2, -0.15) is 13.2 Å². The maximum atomic E-state index is 12.7. The van der Waals surface area contributed by atoms with Crippen molar-refractivity contribution >= 4 is 51.9 Å². The number of halogens is 3. The minimum Gasteiger partial charge on any atom is -0.478 e. The zero-order valence-corrected chi connectivity index (χ0v) is 15.0. The van der Waals surface area contributed by atoms with Gasteiger partial charge in [-0.05, 0) is 48.0 Å². The van der Waals surface area contributed by atoms with E-state index in [0.29, 0.717) is 5.56 Å². The highest BCUT2D eigenvalue weighted by Gasteiger charge is 2.35. The fourth-order valence-electron chi connectivity index (χ4n) is 2.40. The molecular weight excluding hydrogens is 399 g/mol. The van der Waals surface area contributed by atoms with E-state index in [-0.39, 0.29) is 20.5 Å². The van der Waals surface area contributed by atoms with Gasteiger partial charge < -0.3 is 5.11 Å². The van der Waals surface area contributed by atoms with Crippen LogP contribution in [0.5, 0.6) is 0 Å². The number of thioether (sulfide) groups is 1. The molecule has 138 valence electrons. The third-order valence-corrected chi connectivity index (χ3v) is 4.98. The van der Waals surface area contributed by atoms with Gasteiger partial charge in [0.05, 0.1) is 21.7 Å². The van der Waals surface area contributed by atoms with Crippen LogP contribution in [0.15, 0.2) is 53.4 Å². The summed E-state index contributed by atoms with van der Waals surface area (Å²) >= 11 is 6.17. The van der Waals surface area contributed by atoms with Crippen molar-refractivity contribution in [1.82, 2.24) is 0 Å². The molecule has 0 unspecified atom stereocenters. The highest BCUT2D eigenvalue weighted by Crippen LogP contribution is 2.37. The van der Waals surface area contributed by atoms with Crippen LogP contribution in [0.4, 0.5) is 18.9 Å². The highest BCUT2D eigenvalue weighted by atomic mass is 32.2. The van der Waals surface area contributed by atoms with Gasteiger partial charge in [-0.3, -0.25) is 9.69 Å². The fraction of sp³-hybridized carbons (Fsp3) is 0.0556. The normalized spacial score (nSPS) is 16.3. The number of carboxylic acid groups (broad SMARTS) is 1. The van der Waals surface area contributed by atoms with Gasteiger partial charge in [0.15, 0.2) is 4.32 Å². The fourth-order valence-corrected chi connectivity index (χ4v) is 3.70. The zero-order valence-electron chi connectivity index (χ0n) is 13.4. The first kappa shape index (κ1) is 19.1. The summed E-state index contributed by atoms with van der Waals surface area (Å²) < 4.78 is 38.2. The Morgan fingerprint density at radius 3 is 2.41 bits per heavy atom. The number of carbonyl (C=O) groups excluding carboxylic acids is 1. The second-order valence-electron chi connectivity index (χ2n) is 5.49. The molecule has 0 radical (unpaired) electrons. The predicted molar refractivity (Wildman–Crippen MR) is 100 cm³/mol. The molecule has 1 amide bonds. The number of amides is 1. The van der Waals surface area contributed by atoms with Crippen molar-refractivity contribution in [2.45, 2.75) is 6.18 Å². The second-order valence-corrected chi connectivity index (χ2v) is 7.17. The van der Waals surface area contributed by atoms with E-state index in [1.807, 2.05) is 0 Å². The van der Waals surface area contributed by atoms with E-state index in [9.17, 15) is 22.8 Å². The number of nitrogens with zero attached hydrogens (tertiary/aromatic N) is 1. The monoisotopic (exact) mass is 409 g/mol. The Bertz CT molecular complexity index is 969. The van der Waals surface area contributed by atoms with Gasteiger partial charge in [-0.15, -0.1) is 0 Å². The molecule has 9 heteroatoms. The van der Waals surface area contributed by atoms with Crippen molar-refractivity contribution in [3.63, 3.8) is 0 Å². The molecule has 1 saturated heterocycles. The van der Waals surface area contributed by atoms with E-state index in [4.69, 9.17) is 17.3 Å². The second kappa shape index (κ2) is 7.16. The van der Waals surface area contributed by atoms with E-state index < -0.39 is 23.6 Å². The lowest BCUT2D eigenvalue weighted by Crippen LogP contribution is -2.27. The molecule has 0 aromatic heterocycles. The Balaban J connectivity index is 1.89. The van der Waals surface area contributed by atoms with Crippen LogP contribution >= 0.6 is 24.0 Å². The van der Waals surface area contributed by atoms with Gasteiger partial charge in [0.1, 0.15) is 0 Å². The van der Waals surface area contributed by atoms with E-state index in [1.54, 1.807) is 12.1 Å². The zero-order chi connectivity index (χ0) is 19.8. The summed E-state index contributed by atoms with van der Waals surface area (Å²) in [6, 6.07) is 10.1. The molecule has 0 bridgehead atoms. The van der Waals surface area contributed by atoms with Crippen LogP contribution in [0.25, 0.3) is 6.08 Å². The van der Waals surface area contributed by atoms with Gasteiger partial charge in [0, 0.05) is 0 Å². The van der Waals surface area contributed by atoms with Gasteiger partial charge in [-0.25, -0.2) is 4.79 Å². The van der Waals surface area contributed by atoms with Gasteiger partial charge in [0.25, 0.3) is 5.91 Å². The first-order chi connectivity index (χ1) is 12.7. The van der Waals surface area contributed by atoms with Crippen molar-refractivity contribution in [2.24, 2.45) is 0 Å². The Morgan fingerprint density at radius 2 is 1.81 bits per heavy atom. The number of carboxylic acids is 1.